The highest BCUT2D eigenvalue weighted by molar-refractivity contribution is 14.1. The first-order valence-electron chi connectivity index (χ1n) is 4.50. The van der Waals surface area contributed by atoms with Crippen molar-refractivity contribution >= 4 is 28.4 Å². The van der Waals surface area contributed by atoms with Gasteiger partial charge in [-0.2, -0.15) is 5.10 Å². The molecule has 0 aliphatic rings. The molecule has 1 rings (SSSR count). The summed E-state index contributed by atoms with van der Waals surface area (Å²) in [6.45, 7) is 6.57. The molecule has 2 N–H and O–H groups in total. The number of hydrogen-bond acceptors (Lipinski definition) is 2. The van der Waals surface area contributed by atoms with Crippen LogP contribution in [0.2, 0.25) is 0 Å². The Bertz CT molecular complexity index is 280. The van der Waals surface area contributed by atoms with E-state index >= 15 is 0 Å². The molecule has 0 aliphatic carbocycles. The van der Waals surface area contributed by atoms with Gasteiger partial charge in [0.25, 0.3) is 0 Å². The summed E-state index contributed by atoms with van der Waals surface area (Å²) in [4.78, 5) is 0. The quantitative estimate of drug-likeness (QED) is 0.871. The highest BCUT2D eigenvalue weighted by Crippen LogP contribution is 2.22. The minimum atomic E-state index is 0.392. The summed E-state index contributed by atoms with van der Waals surface area (Å²) >= 11 is 2.20. The van der Waals surface area contributed by atoms with E-state index in [9.17, 15) is 0 Å². The molecule has 0 bridgehead atoms. The molecule has 1 unspecified atom stereocenters. The van der Waals surface area contributed by atoms with Crippen molar-refractivity contribution in [3.05, 3.63) is 9.77 Å². The lowest BCUT2D eigenvalue weighted by Gasteiger charge is -2.15. The van der Waals surface area contributed by atoms with E-state index in [4.69, 9.17) is 5.73 Å². The lowest BCUT2D eigenvalue weighted by atomic mass is 10.1. The molecule has 1 aromatic rings. The molecule has 0 saturated heterocycles. The van der Waals surface area contributed by atoms with E-state index in [-0.39, 0.29) is 0 Å². The summed E-state index contributed by atoms with van der Waals surface area (Å²) in [6, 6.07) is 0.392. The fraction of sp³-hybridized carbons (Fsp3) is 0.667. The summed E-state index contributed by atoms with van der Waals surface area (Å²) in [5.74, 6) is 1.46. The molecule has 0 aromatic carbocycles. The fourth-order valence-corrected chi connectivity index (χ4v) is 1.86. The van der Waals surface area contributed by atoms with Crippen LogP contribution in [0.3, 0.4) is 0 Å². The number of anilines is 1. The molecule has 74 valence electrons. The van der Waals surface area contributed by atoms with Gasteiger partial charge in [-0.05, 0) is 41.9 Å². The second-order valence-corrected chi connectivity index (χ2v) is 4.96. The maximum Gasteiger partial charge on any atom is 0.135 e. The molecule has 4 heteroatoms. The highest BCUT2D eigenvalue weighted by Gasteiger charge is 2.12. The summed E-state index contributed by atoms with van der Waals surface area (Å²) in [7, 11) is 0. The summed E-state index contributed by atoms with van der Waals surface area (Å²) < 4.78 is 2.94. The second-order valence-electron chi connectivity index (χ2n) is 3.80. The molecule has 0 radical (unpaired) electrons. The monoisotopic (exact) mass is 293 g/mol. The fourth-order valence-electron chi connectivity index (χ4n) is 1.48. The van der Waals surface area contributed by atoms with Crippen molar-refractivity contribution < 1.29 is 0 Å². The Kier molecular flexibility index (Phi) is 3.58. The normalized spacial score (nSPS) is 13.6. The number of nitrogens with two attached hydrogens (primary N) is 1. The van der Waals surface area contributed by atoms with Crippen LogP contribution in [0.1, 0.15) is 33.2 Å². The molecular formula is C9H16IN3. The van der Waals surface area contributed by atoms with E-state index < -0.39 is 0 Å². The van der Waals surface area contributed by atoms with E-state index in [1.165, 1.54) is 0 Å². The smallest absolute Gasteiger partial charge is 0.135 e. The number of nitrogen functional groups attached to an aromatic ring is 1. The van der Waals surface area contributed by atoms with Crippen LogP contribution >= 0.6 is 22.6 Å². The van der Waals surface area contributed by atoms with Crippen LogP contribution in [-0.2, 0) is 0 Å². The number of halogens is 1. The zero-order valence-electron chi connectivity index (χ0n) is 8.29. The Morgan fingerprint density at radius 2 is 2.15 bits per heavy atom. The lowest BCUT2D eigenvalue weighted by Crippen LogP contribution is -2.12. The molecular weight excluding hydrogens is 277 g/mol. The molecule has 3 nitrogen and oxygen atoms in total. The van der Waals surface area contributed by atoms with E-state index in [0.29, 0.717) is 12.0 Å². The van der Waals surface area contributed by atoms with Crippen LogP contribution in [0.25, 0.3) is 0 Å². The average molecular weight is 293 g/mol. The maximum atomic E-state index is 5.87. The van der Waals surface area contributed by atoms with Crippen LogP contribution in [0.15, 0.2) is 6.20 Å². The van der Waals surface area contributed by atoms with E-state index in [2.05, 4.69) is 48.5 Å². The summed E-state index contributed by atoms with van der Waals surface area (Å²) in [6.07, 6.45) is 2.93. The maximum absolute atomic E-state index is 5.87. The number of rotatable bonds is 3. The highest BCUT2D eigenvalue weighted by atomic mass is 127. The van der Waals surface area contributed by atoms with Gasteiger partial charge in [0.2, 0.25) is 0 Å². The van der Waals surface area contributed by atoms with E-state index in [0.717, 1.165) is 15.8 Å². The van der Waals surface area contributed by atoms with Gasteiger partial charge in [-0.15, -0.1) is 0 Å². The van der Waals surface area contributed by atoms with Gasteiger partial charge in [-0.25, -0.2) is 4.68 Å². The van der Waals surface area contributed by atoms with Gasteiger partial charge in [0, 0.05) is 0 Å². The molecule has 13 heavy (non-hydrogen) atoms. The number of nitrogens with zero attached hydrogens (tertiary/aromatic N) is 2. The van der Waals surface area contributed by atoms with Crippen molar-refractivity contribution in [2.24, 2.45) is 5.92 Å². The molecule has 1 aromatic heterocycles. The van der Waals surface area contributed by atoms with Crippen molar-refractivity contribution in [1.82, 2.24) is 9.78 Å². The number of hydrogen-bond donors (Lipinski definition) is 1. The van der Waals surface area contributed by atoms with Gasteiger partial charge in [-0.1, -0.05) is 13.8 Å². The van der Waals surface area contributed by atoms with Crippen molar-refractivity contribution in [2.75, 3.05) is 5.73 Å². The standard InChI is InChI=1S/C9H16IN3/c1-6(2)4-7(3)13-9(11)8(10)5-12-13/h5-7H,4,11H2,1-3H3. The van der Waals surface area contributed by atoms with Gasteiger partial charge in [-0.3, -0.25) is 0 Å². The second kappa shape index (κ2) is 4.30. The Morgan fingerprint density at radius 3 is 2.54 bits per heavy atom. The van der Waals surface area contributed by atoms with Crippen molar-refractivity contribution in [3.63, 3.8) is 0 Å². The topological polar surface area (TPSA) is 43.8 Å². The van der Waals surface area contributed by atoms with Gasteiger partial charge >= 0.3 is 0 Å². The van der Waals surface area contributed by atoms with Crippen LogP contribution in [0, 0.1) is 9.49 Å². The van der Waals surface area contributed by atoms with E-state index in [1.807, 2.05) is 10.9 Å². The molecule has 0 spiro atoms. The Hall–Kier alpha value is -0.260. The number of aromatic nitrogens is 2. The molecule has 1 atom stereocenters. The Labute approximate surface area is 92.8 Å². The Balaban J connectivity index is 2.76. The lowest BCUT2D eigenvalue weighted by molar-refractivity contribution is 0.402. The molecule has 0 saturated carbocycles. The summed E-state index contributed by atoms with van der Waals surface area (Å²) in [5.41, 5.74) is 5.87. The molecule has 0 aliphatic heterocycles. The van der Waals surface area contributed by atoms with Crippen LogP contribution in [0.5, 0.6) is 0 Å². The first kappa shape index (κ1) is 10.8. The predicted molar refractivity (Wildman–Crippen MR) is 63.5 cm³/mol. The predicted octanol–water partition coefficient (Wildman–Crippen LogP) is 2.68. The van der Waals surface area contributed by atoms with Crippen LogP contribution < -0.4 is 5.73 Å². The minimum absolute atomic E-state index is 0.392. The van der Waals surface area contributed by atoms with Crippen LogP contribution in [-0.4, -0.2) is 9.78 Å². The van der Waals surface area contributed by atoms with E-state index in [1.54, 1.807) is 0 Å². The molecule has 0 fully saturated rings. The van der Waals surface area contributed by atoms with Crippen molar-refractivity contribution in [1.29, 1.82) is 0 Å². The molecule has 1 heterocycles. The first-order valence-corrected chi connectivity index (χ1v) is 5.58. The third-order valence-electron chi connectivity index (χ3n) is 2.02. The van der Waals surface area contributed by atoms with Crippen molar-refractivity contribution in [2.45, 2.75) is 33.2 Å². The largest absolute Gasteiger partial charge is 0.383 e. The Morgan fingerprint density at radius 1 is 1.54 bits per heavy atom. The third-order valence-corrected chi connectivity index (χ3v) is 2.85. The van der Waals surface area contributed by atoms with Gasteiger partial charge < -0.3 is 5.73 Å². The SMILES string of the molecule is CC(C)CC(C)n1ncc(I)c1N. The van der Waals surface area contributed by atoms with Gasteiger partial charge in [0.05, 0.1) is 15.8 Å². The minimum Gasteiger partial charge on any atom is -0.383 e. The van der Waals surface area contributed by atoms with Gasteiger partial charge in [0.1, 0.15) is 5.82 Å². The average Bonchev–Trinajstić information content (AvgIpc) is 2.31. The van der Waals surface area contributed by atoms with Crippen molar-refractivity contribution in [3.8, 4) is 0 Å². The zero-order chi connectivity index (χ0) is 10.0. The summed E-state index contributed by atoms with van der Waals surface area (Å²) in [5, 5.41) is 4.25. The third kappa shape index (κ3) is 2.59. The molecule has 0 amide bonds. The zero-order valence-corrected chi connectivity index (χ0v) is 10.4. The first-order chi connectivity index (χ1) is 6.02. The van der Waals surface area contributed by atoms with Gasteiger partial charge in [0.15, 0.2) is 0 Å². The van der Waals surface area contributed by atoms with Crippen LogP contribution in [0.4, 0.5) is 5.82 Å².